The normalized spacial score (nSPS) is 9.23. The molecule has 66 valence electrons. The Bertz CT molecular complexity index is 470. The van der Waals surface area contributed by atoms with Gasteiger partial charge in [-0.3, -0.25) is 0 Å². The molecule has 0 unspecified atom stereocenters. The van der Waals surface area contributed by atoms with Crippen LogP contribution in [0.5, 0.6) is 0 Å². The van der Waals surface area contributed by atoms with E-state index in [9.17, 15) is 0 Å². The molecule has 0 atom stereocenters. The van der Waals surface area contributed by atoms with E-state index in [-0.39, 0.29) is 12.4 Å². The van der Waals surface area contributed by atoms with E-state index in [1.165, 1.54) is 11.3 Å². The van der Waals surface area contributed by atoms with E-state index >= 15 is 0 Å². The molecular formula is C9H5Cl2NS. The zero-order chi connectivity index (χ0) is 8.55. The van der Waals surface area contributed by atoms with Gasteiger partial charge < -0.3 is 0 Å². The first-order chi connectivity index (χ1) is 5.83. The smallest absolute Gasteiger partial charge is 0.124 e. The van der Waals surface area contributed by atoms with Crippen molar-refractivity contribution in [2.24, 2.45) is 0 Å². The minimum atomic E-state index is 0. The fourth-order valence-corrected chi connectivity index (χ4v) is 2.36. The molecule has 4 heteroatoms. The molecule has 0 bridgehead atoms. The monoisotopic (exact) mass is 229 g/mol. The zero-order valence-corrected chi connectivity index (χ0v) is 8.84. The highest BCUT2D eigenvalue weighted by Gasteiger charge is 2.07. The predicted molar refractivity (Wildman–Crippen MR) is 58.8 cm³/mol. The third-order valence-corrected chi connectivity index (χ3v) is 3.22. The van der Waals surface area contributed by atoms with Gasteiger partial charge in [0.1, 0.15) is 10.9 Å². The number of hydrogen-bond donors (Lipinski definition) is 0. The highest BCUT2D eigenvalue weighted by Crippen LogP contribution is 2.34. The zero-order valence-electron chi connectivity index (χ0n) is 6.45. The Morgan fingerprint density at radius 2 is 2.00 bits per heavy atom. The van der Waals surface area contributed by atoms with Crippen molar-refractivity contribution < 1.29 is 0 Å². The van der Waals surface area contributed by atoms with E-state index in [1.807, 2.05) is 24.3 Å². The Morgan fingerprint density at radius 3 is 2.62 bits per heavy atom. The van der Waals surface area contributed by atoms with Crippen molar-refractivity contribution in [2.45, 2.75) is 0 Å². The predicted octanol–water partition coefficient (Wildman–Crippen LogP) is 3.85. The van der Waals surface area contributed by atoms with Gasteiger partial charge >= 0.3 is 0 Å². The third kappa shape index (κ3) is 1.64. The van der Waals surface area contributed by atoms with Crippen molar-refractivity contribution in [1.29, 1.82) is 5.26 Å². The molecule has 0 aliphatic heterocycles. The lowest BCUT2D eigenvalue weighted by atomic mass is 10.2. The number of hydrogen-bond acceptors (Lipinski definition) is 2. The first-order valence-electron chi connectivity index (χ1n) is 3.40. The minimum Gasteiger partial charge on any atom is -0.191 e. The fourth-order valence-electron chi connectivity index (χ4n) is 1.09. The van der Waals surface area contributed by atoms with Crippen molar-refractivity contribution in [1.82, 2.24) is 0 Å². The molecule has 13 heavy (non-hydrogen) atoms. The number of thiophene rings is 1. The van der Waals surface area contributed by atoms with Gasteiger partial charge in [-0.25, -0.2) is 0 Å². The number of rotatable bonds is 0. The lowest BCUT2D eigenvalue weighted by Gasteiger charge is -1.85. The van der Waals surface area contributed by atoms with Crippen LogP contribution in [0.3, 0.4) is 0 Å². The van der Waals surface area contributed by atoms with Crippen LogP contribution in [0.1, 0.15) is 4.88 Å². The fraction of sp³-hybridized carbons (Fsp3) is 0. The van der Waals surface area contributed by atoms with E-state index < -0.39 is 0 Å². The summed E-state index contributed by atoms with van der Waals surface area (Å²) >= 11 is 7.38. The van der Waals surface area contributed by atoms with Crippen LogP contribution in [-0.4, -0.2) is 0 Å². The average molecular weight is 230 g/mol. The summed E-state index contributed by atoms with van der Waals surface area (Å²) in [6.45, 7) is 0. The Morgan fingerprint density at radius 1 is 1.31 bits per heavy atom. The molecule has 0 amide bonds. The van der Waals surface area contributed by atoms with Crippen molar-refractivity contribution >= 4 is 45.4 Å². The minimum absolute atomic E-state index is 0. The van der Waals surface area contributed by atoms with Crippen LogP contribution in [-0.2, 0) is 0 Å². The summed E-state index contributed by atoms with van der Waals surface area (Å²) in [5, 5.41) is 10.2. The van der Waals surface area contributed by atoms with Crippen molar-refractivity contribution in [3.8, 4) is 6.07 Å². The van der Waals surface area contributed by atoms with E-state index in [2.05, 4.69) is 6.07 Å². The van der Waals surface area contributed by atoms with Crippen LogP contribution in [0.2, 0.25) is 5.02 Å². The Balaban J connectivity index is 0.000000845. The Kier molecular flexibility index (Phi) is 3.16. The summed E-state index contributed by atoms with van der Waals surface area (Å²) in [4.78, 5) is 0.595. The second kappa shape index (κ2) is 3.97. The first kappa shape index (κ1) is 10.3. The number of nitrogens with zero attached hydrogens (tertiary/aromatic N) is 1. The number of nitriles is 1. The molecule has 1 nitrogen and oxygen atoms in total. The summed E-state index contributed by atoms with van der Waals surface area (Å²) in [6.07, 6.45) is 0. The maximum absolute atomic E-state index is 8.70. The first-order valence-corrected chi connectivity index (χ1v) is 4.59. The number of fused-ring (bicyclic) bond motifs is 1. The van der Waals surface area contributed by atoms with E-state index in [0.717, 1.165) is 10.1 Å². The van der Waals surface area contributed by atoms with E-state index in [0.29, 0.717) is 9.90 Å². The summed E-state index contributed by atoms with van der Waals surface area (Å²) in [7, 11) is 0. The van der Waals surface area contributed by atoms with Gasteiger partial charge in [-0.1, -0.05) is 29.8 Å². The van der Waals surface area contributed by atoms with Gasteiger partial charge in [-0.05, 0) is 6.07 Å². The molecule has 0 spiro atoms. The molecule has 1 heterocycles. The topological polar surface area (TPSA) is 23.8 Å². The summed E-state index contributed by atoms with van der Waals surface area (Å²) in [6, 6.07) is 9.82. The van der Waals surface area contributed by atoms with Gasteiger partial charge in [-0.2, -0.15) is 5.26 Å². The van der Waals surface area contributed by atoms with Crippen molar-refractivity contribution in [2.75, 3.05) is 0 Å². The maximum atomic E-state index is 8.70. The molecule has 0 aliphatic carbocycles. The molecule has 0 radical (unpaired) electrons. The SMILES string of the molecule is Cl.N#Cc1sc2ccccc2c1Cl. The Hall–Kier alpha value is -0.750. The highest BCUT2D eigenvalue weighted by atomic mass is 35.5. The summed E-state index contributed by atoms with van der Waals surface area (Å²) in [5.74, 6) is 0. The van der Waals surface area contributed by atoms with Crippen LogP contribution in [0.15, 0.2) is 24.3 Å². The molecule has 0 saturated carbocycles. The van der Waals surface area contributed by atoms with Crippen molar-refractivity contribution in [3.05, 3.63) is 34.2 Å². The molecule has 1 aromatic heterocycles. The van der Waals surface area contributed by atoms with Crippen LogP contribution in [0.4, 0.5) is 0 Å². The van der Waals surface area contributed by atoms with Crippen molar-refractivity contribution in [3.63, 3.8) is 0 Å². The summed E-state index contributed by atoms with van der Waals surface area (Å²) < 4.78 is 1.07. The second-order valence-electron chi connectivity index (χ2n) is 2.35. The molecule has 1 aromatic carbocycles. The maximum Gasteiger partial charge on any atom is 0.124 e. The van der Waals surface area contributed by atoms with Gasteiger partial charge in [0, 0.05) is 10.1 Å². The van der Waals surface area contributed by atoms with Crippen LogP contribution < -0.4 is 0 Å². The molecule has 0 N–H and O–H groups in total. The van der Waals surface area contributed by atoms with Crippen LogP contribution in [0, 0.1) is 11.3 Å². The van der Waals surface area contributed by atoms with Crippen LogP contribution >= 0.6 is 35.3 Å². The second-order valence-corrected chi connectivity index (χ2v) is 3.78. The molecular weight excluding hydrogens is 225 g/mol. The third-order valence-electron chi connectivity index (χ3n) is 1.64. The molecule has 2 rings (SSSR count). The average Bonchev–Trinajstić information content (AvgIpc) is 2.44. The van der Waals surface area contributed by atoms with Gasteiger partial charge in [0.25, 0.3) is 0 Å². The molecule has 0 saturated heterocycles. The molecule has 2 aromatic rings. The van der Waals surface area contributed by atoms with E-state index in [4.69, 9.17) is 16.9 Å². The summed E-state index contributed by atoms with van der Waals surface area (Å²) in [5.41, 5.74) is 0. The standard InChI is InChI=1S/C9H4ClNS.ClH/c10-9-6-3-1-2-4-7(6)12-8(9)5-11;/h1-4H;1H. The lowest BCUT2D eigenvalue weighted by Crippen LogP contribution is -1.63. The van der Waals surface area contributed by atoms with Gasteiger partial charge in [0.05, 0.1) is 5.02 Å². The highest BCUT2D eigenvalue weighted by molar-refractivity contribution is 7.20. The van der Waals surface area contributed by atoms with Gasteiger partial charge in [0.2, 0.25) is 0 Å². The van der Waals surface area contributed by atoms with E-state index in [1.54, 1.807) is 0 Å². The largest absolute Gasteiger partial charge is 0.191 e. The van der Waals surface area contributed by atoms with Gasteiger partial charge in [0.15, 0.2) is 0 Å². The quantitative estimate of drug-likeness (QED) is 0.674. The Labute approximate surface area is 91.0 Å². The molecule has 0 fully saturated rings. The number of benzene rings is 1. The number of halogens is 2. The van der Waals surface area contributed by atoms with Gasteiger partial charge in [-0.15, -0.1) is 23.7 Å². The van der Waals surface area contributed by atoms with Crippen LogP contribution in [0.25, 0.3) is 10.1 Å². The molecule has 0 aliphatic rings. The lowest BCUT2D eigenvalue weighted by molar-refractivity contribution is 1.52.